The lowest BCUT2D eigenvalue weighted by Crippen LogP contribution is -2.51. The SMILES string of the molecule is COCOc1ccc(C(C)=O)cc1C(=O)c1ccc(C(=O)O[C@@H]2CCCN(C(=O)OC(C)(C)C)C[C@H]2NC(=O)c2cc(C)c(OCOC)c(C)c2)cc1. The maximum absolute atomic E-state index is 13.7. The molecule has 1 aliphatic heterocycles. The van der Waals surface area contributed by atoms with Crippen LogP contribution in [0.15, 0.2) is 54.6 Å². The van der Waals surface area contributed by atoms with E-state index in [1.165, 1.54) is 62.4 Å². The molecule has 13 heteroatoms. The van der Waals surface area contributed by atoms with Crippen LogP contribution in [0.25, 0.3) is 0 Å². The van der Waals surface area contributed by atoms with Gasteiger partial charge in [0.05, 0.1) is 17.2 Å². The zero-order chi connectivity index (χ0) is 38.9. The second kappa shape index (κ2) is 18.0. The predicted octanol–water partition coefficient (Wildman–Crippen LogP) is 6.06. The molecule has 0 bridgehead atoms. The summed E-state index contributed by atoms with van der Waals surface area (Å²) >= 11 is 0. The number of likely N-dealkylation sites (tertiary alicyclic amines) is 1. The molecular formula is C40H48N2O11. The van der Waals surface area contributed by atoms with Crippen molar-refractivity contribution >= 4 is 29.5 Å². The van der Waals surface area contributed by atoms with Gasteiger partial charge in [0.15, 0.2) is 25.2 Å². The van der Waals surface area contributed by atoms with Crippen molar-refractivity contribution < 1.29 is 52.4 Å². The first kappa shape index (κ1) is 40.5. The third-order valence-corrected chi connectivity index (χ3v) is 8.40. The highest BCUT2D eigenvalue weighted by molar-refractivity contribution is 6.12. The molecule has 0 radical (unpaired) electrons. The first-order valence-corrected chi connectivity index (χ1v) is 17.3. The molecule has 0 saturated carbocycles. The normalized spacial score (nSPS) is 15.9. The van der Waals surface area contributed by atoms with Crippen molar-refractivity contribution in [2.75, 3.05) is 40.9 Å². The van der Waals surface area contributed by atoms with Crippen molar-refractivity contribution in [2.24, 2.45) is 0 Å². The third kappa shape index (κ3) is 10.9. The summed E-state index contributed by atoms with van der Waals surface area (Å²) in [5, 5.41) is 3.00. The van der Waals surface area contributed by atoms with Gasteiger partial charge in [0, 0.05) is 44.0 Å². The summed E-state index contributed by atoms with van der Waals surface area (Å²) in [5.74, 6) is -0.874. The lowest BCUT2D eigenvalue weighted by atomic mass is 9.98. The Balaban J connectivity index is 1.57. The number of hydrogen-bond acceptors (Lipinski definition) is 11. The monoisotopic (exact) mass is 732 g/mol. The molecular weight excluding hydrogens is 684 g/mol. The summed E-state index contributed by atoms with van der Waals surface area (Å²) in [5.41, 5.74) is 2.03. The Kier molecular flexibility index (Phi) is 13.7. The fourth-order valence-electron chi connectivity index (χ4n) is 5.87. The molecule has 53 heavy (non-hydrogen) atoms. The van der Waals surface area contributed by atoms with E-state index in [0.717, 1.165) is 11.1 Å². The second-order valence-electron chi connectivity index (χ2n) is 13.8. The number of esters is 1. The highest BCUT2D eigenvalue weighted by atomic mass is 16.7. The fourth-order valence-corrected chi connectivity index (χ4v) is 5.87. The number of hydrogen-bond donors (Lipinski definition) is 1. The number of benzene rings is 3. The third-order valence-electron chi connectivity index (χ3n) is 8.40. The van der Waals surface area contributed by atoms with Gasteiger partial charge in [-0.2, -0.15) is 0 Å². The smallest absolute Gasteiger partial charge is 0.410 e. The van der Waals surface area contributed by atoms with E-state index in [-0.39, 0.29) is 48.4 Å². The molecule has 2 atom stereocenters. The van der Waals surface area contributed by atoms with Crippen LogP contribution in [0.3, 0.4) is 0 Å². The van der Waals surface area contributed by atoms with Crippen molar-refractivity contribution in [3.05, 3.63) is 93.5 Å². The fraction of sp³-hybridized carbons (Fsp3) is 0.425. The molecule has 2 amide bonds. The van der Waals surface area contributed by atoms with Crippen LogP contribution in [0.5, 0.6) is 11.5 Å². The second-order valence-corrected chi connectivity index (χ2v) is 13.8. The first-order chi connectivity index (χ1) is 25.1. The number of carbonyl (C=O) groups is 5. The van der Waals surface area contributed by atoms with Crippen molar-refractivity contribution in [1.82, 2.24) is 10.2 Å². The number of methoxy groups -OCH3 is 2. The van der Waals surface area contributed by atoms with Crippen LogP contribution >= 0.6 is 0 Å². The average Bonchev–Trinajstić information content (AvgIpc) is 3.31. The van der Waals surface area contributed by atoms with Crippen LogP contribution in [0.2, 0.25) is 0 Å². The molecule has 13 nitrogen and oxygen atoms in total. The summed E-state index contributed by atoms with van der Waals surface area (Å²) in [7, 11) is 2.97. The molecule has 0 unspecified atom stereocenters. The van der Waals surface area contributed by atoms with E-state index in [1.807, 2.05) is 13.8 Å². The van der Waals surface area contributed by atoms with Gasteiger partial charge in [0.1, 0.15) is 23.2 Å². The number of Topliss-reactive ketones (excluding diaryl/α,β-unsaturated/α-hetero) is 1. The van der Waals surface area contributed by atoms with Gasteiger partial charge in [0.2, 0.25) is 0 Å². The van der Waals surface area contributed by atoms with Gasteiger partial charge >= 0.3 is 12.1 Å². The molecule has 0 aromatic heterocycles. The number of ketones is 2. The highest BCUT2D eigenvalue weighted by Crippen LogP contribution is 2.27. The quantitative estimate of drug-likeness (QED) is 0.124. The summed E-state index contributed by atoms with van der Waals surface area (Å²) < 4.78 is 32.9. The summed E-state index contributed by atoms with van der Waals surface area (Å²) in [6.45, 7) is 10.7. The Morgan fingerprint density at radius 2 is 1.42 bits per heavy atom. The number of amides is 2. The van der Waals surface area contributed by atoms with Crippen LogP contribution in [0.4, 0.5) is 4.79 Å². The van der Waals surface area contributed by atoms with Crippen LogP contribution in [-0.2, 0) is 18.9 Å². The van der Waals surface area contributed by atoms with Crippen molar-refractivity contribution in [1.29, 1.82) is 0 Å². The van der Waals surface area contributed by atoms with E-state index in [9.17, 15) is 24.0 Å². The minimum Gasteiger partial charge on any atom is -0.467 e. The Hall–Kier alpha value is -5.27. The molecule has 3 aromatic rings. The van der Waals surface area contributed by atoms with Crippen molar-refractivity contribution in [3.8, 4) is 11.5 Å². The molecule has 3 aromatic carbocycles. The van der Waals surface area contributed by atoms with Crippen LogP contribution in [0, 0.1) is 13.8 Å². The van der Waals surface area contributed by atoms with E-state index in [1.54, 1.807) is 39.0 Å². The van der Waals surface area contributed by atoms with Gasteiger partial charge in [-0.1, -0.05) is 12.1 Å². The largest absolute Gasteiger partial charge is 0.467 e. The summed E-state index contributed by atoms with van der Waals surface area (Å²) in [6.07, 6.45) is -0.514. The molecule has 0 spiro atoms. The van der Waals surface area contributed by atoms with Crippen LogP contribution < -0.4 is 14.8 Å². The first-order valence-electron chi connectivity index (χ1n) is 17.3. The molecule has 1 N–H and O–H groups in total. The maximum atomic E-state index is 13.7. The zero-order valence-electron chi connectivity index (χ0n) is 31.5. The standard InChI is InChI=1S/C40H48N2O11/c1-24-18-30(19-25(2)36(24)51-23-49-8)37(45)41-32-21-42(39(47)53-40(4,5)6)17-9-10-34(32)52-38(46)28-13-11-27(12-14-28)35(44)31-20-29(26(3)43)15-16-33(31)50-22-48-7/h11-16,18-20,32,34H,9-10,17,21-23H2,1-8H3,(H,41,45)/t32-,34-/m1/s1. The Bertz CT molecular complexity index is 1790. The van der Waals surface area contributed by atoms with E-state index in [4.69, 9.17) is 28.4 Å². The van der Waals surface area contributed by atoms with Gasteiger partial charge in [-0.3, -0.25) is 14.4 Å². The number of ether oxygens (including phenoxy) is 6. The van der Waals surface area contributed by atoms with Gasteiger partial charge in [-0.05, 0) is 108 Å². The summed E-state index contributed by atoms with van der Waals surface area (Å²) in [4.78, 5) is 67.5. The zero-order valence-corrected chi connectivity index (χ0v) is 31.5. The molecule has 4 rings (SSSR count). The lowest BCUT2D eigenvalue weighted by Gasteiger charge is -2.30. The Morgan fingerprint density at radius 1 is 0.811 bits per heavy atom. The molecule has 284 valence electrons. The number of aryl methyl sites for hydroxylation is 2. The molecule has 1 fully saturated rings. The van der Waals surface area contributed by atoms with Crippen molar-refractivity contribution in [3.63, 3.8) is 0 Å². The Morgan fingerprint density at radius 3 is 2.02 bits per heavy atom. The average molecular weight is 733 g/mol. The Labute approximate surface area is 309 Å². The molecule has 1 heterocycles. The van der Waals surface area contributed by atoms with Crippen LogP contribution in [0.1, 0.15) is 98.7 Å². The van der Waals surface area contributed by atoms with Gasteiger partial charge in [0.25, 0.3) is 5.91 Å². The number of rotatable bonds is 13. The topological polar surface area (TPSA) is 156 Å². The number of nitrogens with zero attached hydrogens (tertiary/aromatic N) is 1. The minimum absolute atomic E-state index is 0.0336. The number of carbonyl (C=O) groups excluding carboxylic acids is 5. The van der Waals surface area contributed by atoms with E-state index in [2.05, 4.69) is 5.32 Å². The summed E-state index contributed by atoms with van der Waals surface area (Å²) in [6, 6.07) is 13.1. The number of nitrogens with one attached hydrogen (secondary N) is 1. The molecule has 0 aliphatic carbocycles. The molecule has 1 saturated heterocycles. The van der Waals surface area contributed by atoms with E-state index < -0.39 is 41.5 Å². The predicted molar refractivity (Wildman–Crippen MR) is 195 cm³/mol. The van der Waals surface area contributed by atoms with Crippen molar-refractivity contribution in [2.45, 2.75) is 72.1 Å². The van der Waals surface area contributed by atoms with Gasteiger partial charge < -0.3 is 38.6 Å². The van der Waals surface area contributed by atoms with Crippen LogP contribution in [-0.4, -0.2) is 93.1 Å². The van der Waals surface area contributed by atoms with E-state index >= 15 is 0 Å². The molecule has 1 aliphatic rings. The van der Waals surface area contributed by atoms with Gasteiger partial charge in [-0.25, -0.2) is 9.59 Å². The van der Waals surface area contributed by atoms with E-state index in [0.29, 0.717) is 36.3 Å². The minimum atomic E-state index is -0.804. The highest BCUT2D eigenvalue weighted by Gasteiger charge is 2.35. The van der Waals surface area contributed by atoms with Gasteiger partial charge in [-0.15, -0.1) is 0 Å². The lowest BCUT2D eigenvalue weighted by molar-refractivity contribution is 0.0127. The maximum Gasteiger partial charge on any atom is 0.410 e.